The minimum absolute atomic E-state index is 0.661. The van der Waals surface area contributed by atoms with E-state index < -0.39 is 0 Å². The van der Waals surface area contributed by atoms with Gasteiger partial charge in [0.1, 0.15) is 0 Å². The Morgan fingerprint density at radius 2 is 2.15 bits per heavy atom. The van der Waals surface area contributed by atoms with Crippen LogP contribution >= 0.6 is 22.9 Å². The number of aryl methyl sites for hydroxylation is 1. The number of nitrogens with one attached hydrogen (secondary N) is 1. The van der Waals surface area contributed by atoms with Crippen molar-refractivity contribution in [1.29, 1.82) is 0 Å². The van der Waals surface area contributed by atoms with Crippen molar-refractivity contribution in [2.75, 3.05) is 31.4 Å². The monoisotopic (exact) mass is 311 g/mol. The molecule has 0 radical (unpaired) electrons. The highest BCUT2D eigenvalue weighted by molar-refractivity contribution is 7.15. The molecule has 1 N–H and O–H groups in total. The molecular weight excluding hydrogens is 294 g/mol. The Bertz CT molecular complexity index is 598. The Morgan fingerprint density at radius 1 is 1.40 bits per heavy atom. The molecule has 0 saturated heterocycles. The van der Waals surface area contributed by atoms with E-state index in [1.807, 2.05) is 44.1 Å². The molecule has 0 spiro atoms. The fraction of sp³-hybridized carbons (Fsp3) is 0.357. The zero-order valence-electron chi connectivity index (χ0n) is 12.0. The number of hydrogen-bond donors (Lipinski definition) is 1. The van der Waals surface area contributed by atoms with E-state index in [9.17, 15) is 0 Å². The first-order valence-corrected chi connectivity index (χ1v) is 7.41. The molecule has 2 rings (SSSR count). The lowest BCUT2D eigenvalue weighted by Gasteiger charge is -2.07. The highest BCUT2D eigenvalue weighted by Gasteiger charge is 2.12. The van der Waals surface area contributed by atoms with Gasteiger partial charge in [-0.05, 0) is 24.6 Å². The van der Waals surface area contributed by atoms with E-state index in [0.29, 0.717) is 12.4 Å². The van der Waals surface area contributed by atoms with E-state index >= 15 is 0 Å². The number of rotatable bonds is 5. The van der Waals surface area contributed by atoms with Crippen molar-refractivity contribution < 1.29 is 4.74 Å². The van der Waals surface area contributed by atoms with Crippen LogP contribution in [0.4, 0.5) is 10.8 Å². The van der Waals surface area contributed by atoms with Crippen LogP contribution < -0.4 is 15.0 Å². The summed E-state index contributed by atoms with van der Waals surface area (Å²) >= 11 is 7.73. The van der Waals surface area contributed by atoms with Gasteiger partial charge in [0.15, 0.2) is 5.13 Å². The molecule has 0 fully saturated rings. The van der Waals surface area contributed by atoms with Gasteiger partial charge in [0, 0.05) is 24.8 Å². The third kappa shape index (κ3) is 3.35. The molecule has 0 bridgehead atoms. The second-order valence-corrected chi connectivity index (χ2v) is 6.11. The first kappa shape index (κ1) is 14.9. The van der Waals surface area contributed by atoms with E-state index in [-0.39, 0.29) is 0 Å². The number of methoxy groups -OCH3 is 1. The number of thiazole rings is 1. The summed E-state index contributed by atoms with van der Waals surface area (Å²) in [5, 5.41) is 5.04. The highest BCUT2D eigenvalue weighted by atomic mass is 35.5. The SMILES string of the molecule is COc1nc(N(C)C)sc1CNc1ccc(C)c(Cl)c1. The van der Waals surface area contributed by atoms with Gasteiger partial charge in [0.25, 0.3) is 0 Å². The van der Waals surface area contributed by atoms with Gasteiger partial charge >= 0.3 is 0 Å². The summed E-state index contributed by atoms with van der Waals surface area (Å²) in [4.78, 5) is 7.46. The minimum atomic E-state index is 0.661. The molecule has 1 heterocycles. The molecule has 0 aliphatic rings. The van der Waals surface area contributed by atoms with Crippen LogP contribution in [0.25, 0.3) is 0 Å². The van der Waals surface area contributed by atoms with E-state index in [4.69, 9.17) is 16.3 Å². The van der Waals surface area contributed by atoms with Crippen LogP contribution in [-0.4, -0.2) is 26.2 Å². The lowest BCUT2D eigenvalue weighted by Crippen LogP contribution is -2.07. The number of nitrogens with zero attached hydrogens (tertiary/aromatic N) is 2. The van der Waals surface area contributed by atoms with Gasteiger partial charge in [-0.15, -0.1) is 0 Å². The normalized spacial score (nSPS) is 10.4. The summed E-state index contributed by atoms with van der Waals surface area (Å²) in [6, 6.07) is 5.94. The number of halogens is 1. The van der Waals surface area contributed by atoms with Gasteiger partial charge < -0.3 is 15.0 Å². The smallest absolute Gasteiger partial charge is 0.231 e. The average molecular weight is 312 g/mol. The largest absolute Gasteiger partial charge is 0.480 e. The van der Waals surface area contributed by atoms with Crippen molar-refractivity contribution in [3.8, 4) is 5.88 Å². The minimum Gasteiger partial charge on any atom is -0.480 e. The number of ether oxygens (including phenoxy) is 1. The molecule has 2 aromatic rings. The van der Waals surface area contributed by atoms with Crippen molar-refractivity contribution in [3.63, 3.8) is 0 Å². The van der Waals surface area contributed by atoms with Crippen molar-refractivity contribution in [1.82, 2.24) is 4.98 Å². The van der Waals surface area contributed by atoms with Crippen LogP contribution in [0, 0.1) is 6.92 Å². The summed E-state index contributed by atoms with van der Waals surface area (Å²) in [7, 11) is 5.57. The lowest BCUT2D eigenvalue weighted by molar-refractivity contribution is 0.397. The Kier molecular flexibility index (Phi) is 4.73. The van der Waals surface area contributed by atoms with Gasteiger partial charge in [0.2, 0.25) is 5.88 Å². The standard InChI is InChI=1S/C14H18ClN3OS/c1-9-5-6-10(7-11(9)15)16-8-12-13(19-4)17-14(20-12)18(2)3/h5-7,16H,8H2,1-4H3. The molecule has 0 saturated carbocycles. The molecule has 0 aliphatic carbocycles. The maximum atomic E-state index is 6.12. The second-order valence-electron chi connectivity index (χ2n) is 4.64. The van der Waals surface area contributed by atoms with Crippen molar-refractivity contribution in [2.24, 2.45) is 0 Å². The summed E-state index contributed by atoms with van der Waals surface area (Å²) in [6.45, 7) is 2.65. The van der Waals surface area contributed by atoms with Crippen molar-refractivity contribution in [3.05, 3.63) is 33.7 Å². The van der Waals surface area contributed by atoms with Gasteiger partial charge in [-0.1, -0.05) is 29.0 Å². The third-order valence-electron chi connectivity index (χ3n) is 2.85. The number of anilines is 2. The average Bonchev–Trinajstić information content (AvgIpc) is 2.83. The van der Waals surface area contributed by atoms with Crippen LogP contribution in [0.2, 0.25) is 5.02 Å². The summed E-state index contributed by atoms with van der Waals surface area (Å²) in [5.74, 6) is 0.671. The zero-order chi connectivity index (χ0) is 14.7. The fourth-order valence-electron chi connectivity index (χ4n) is 1.67. The van der Waals surface area contributed by atoms with E-state index in [0.717, 1.165) is 26.3 Å². The lowest BCUT2D eigenvalue weighted by atomic mass is 10.2. The van der Waals surface area contributed by atoms with Gasteiger partial charge in [-0.3, -0.25) is 0 Å². The summed E-state index contributed by atoms with van der Waals surface area (Å²) in [6.07, 6.45) is 0. The van der Waals surface area contributed by atoms with Crippen LogP contribution in [0.5, 0.6) is 5.88 Å². The van der Waals surface area contributed by atoms with Crippen LogP contribution in [0.3, 0.4) is 0 Å². The van der Waals surface area contributed by atoms with Gasteiger partial charge in [0.05, 0.1) is 18.5 Å². The third-order valence-corrected chi connectivity index (χ3v) is 4.46. The molecule has 0 atom stereocenters. The van der Waals surface area contributed by atoms with Gasteiger partial charge in [-0.2, -0.15) is 4.98 Å². The molecule has 108 valence electrons. The van der Waals surface area contributed by atoms with Crippen molar-refractivity contribution in [2.45, 2.75) is 13.5 Å². The molecule has 4 nitrogen and oxygen atoms in total. The Morgan fingerprint density at radius 3 is 2.75 bits per heavy atom. The zero-order valence-corrected chi connectivity index (χ0v) is 13.6. The summed E-state index contributed by atoms with van der Waals surface area (Å²) < 4.78 is 5.31. The predicted octanol–water partition coefficient (Wildman–Crippen LogP) is 3.79. The molecule has 1 aromatic heterocycles. The molecule has 6 heteroatoms. The Labute approximate surface area is 128 Å². The maximum Gasteiger partial charge on any atom is 0.231 e. The first-order chi connectivity index (χ1) is 9.51. The van der Waals surface area contributed by atoms with E-state index in [2.05, 4.69) is 10.3 Å². The Hall–Kier alpha value is -1.46. The number of benzene rings is 1. The number of hydrogen-bond acceptors (Lipinski definition) is 5. The topological polar surface area (TPSA) is 37.4 Å². The van der Waals surface area contributed by atoms with E-state index in [1.54, 1.807) is 18.4 Å². The quantitative estimate of drug-likeness (QED) is 0.911. The van der Waals surface area contributed by atoms with E-state index in [1.165, 1.54) is 0 Å². The summed E-state index contributed by atoms with van der Waals surface area (Å²) in [5.41, 5.74) is 2.06. The highest BCUT2D eigenvalue weighted by Crippen LogP contribution is 2.31. The second kappa shape index (κ2) is 6.33. The molecule has 0 aliphatic heterocycles. The fourth-order valence-corrected chi connectivity index (χ4v) is 2.75. The van der Waals surface area contributed by atoms with Crippen LogP contribution in [0.1, 0.15) is 10.4 Å². The van der Waals surface area contributed by atoms with Gasteiger partial charge in [-0.25, -0.2) is 0 Å². The van der Waals surface area contributed by atoms with Crippen molar-refractivity contribution >= 4 is 33.8 Å². The Balaban J connectivity index is 2.11. The molecular formula is C14H18ClN3OS. The number of aromatic nitrogens is 1. The van der Waals surface area contributed by atoms with Crippen LogP contribution in [0.15, 0.2) is 18.2 Å². The van der Waals surface area contributed by atoms with Crippen LogP contribution in [-0.2, 0) is 6.54 Å². The predicted molar refractivity (Wildman–Crippen MR) is 86.5 cm³/mol. The molecule has 1 aromatic carbocycles. The molecule has 0 unspecified atom stereocenters. The molecule has 20 heavy (non-hydrogen) atoms. The molecule has 0 amide bonds. The maximum absolute atomic E-state index is 6.12. The first-order valence-electron chi connectivity index (χ1n) is 6.22.